The summed E-state index contributed by atoms with van der Waals surface area (Å²) in [5.74, 6) is -0.782. The van der Waals surface area contributed by atoms with Gasteiger partial charge >= 0.3 is 5.97 Å². The minimum atomic E-state index is -0.782. The lowest BCUT2D eigenvalue weighted by Crippen LogP contribution is -2.32. The minimum absolute atomic E-state index is 0.136. The Morgan fingerprint density at radius 3 is 3.28 bits per heavy atom. The highest BCUT2D eigenvalue weighted by Gasteiger charge is 2.19. The van der Waals surface area contributed by atoms with Crippen LogP contribution in [0.2, 0.25) is 0 Å². The molecule has 2 rings (SSSR count). The fraction of sp³-hybridized carbons (Fsp3) is 0.667. The van der Waals surface area contributed by atoms with E-state index < -0.39 is 5.97 Å². The molecule has 1 aromatic rings. The predicted octanol–water partition coefficient (Wildman–Crippen LogP) is 2.14. The van der Waals surface area contributed by atoms with Gasteiger partial charge in [-0.05, 0) is 19.8 Å². The Bertz CT molecular complexity index is 408. The van der Waals surface area contributed by atoms with Crippen LogP contribution >= 0.6 is 11.3 Å². The maximum atomic E-state index is 10.5. The number of carboxylic acids is 1. The van der Waals surface area contributed by atoms with Gasteiger partial charge in [0, 0.05) is 24.4 Å². The maximum Gasteiger partial charge on any atom is 0.303 e. The Hall–Kier alpha value is -1.14. The van der Waals surface area contributed by atoms with Crippen molar-refractivity contribution in [2.75, 3.05) is 11.9 Å². The highest BCUT2D eigenvalue weighted by Crippen LogP contribution is 2.22. The molecule has 1 saturated heterocycles. The Morgan fingerprint density at radius 1 is 1.72 bits per heavy atom. The third kappa shape index (κ3) is 3.96. The number of anilines is 1. The summed E-state index contributed by atoms with van der Waals surface area (Å²) in [6.07, 6.45) is 2.91. The van der Waals surface area contributed by atoms with Crippen molar-refractivity contribution in [1.29, 1.82) is 0 Å². The topological polar surface area (TPSA) is 71.5 Å². The predicted molar refractivity (Wildman–Crippen MR) is 70.1 cm³/mol. The van der Waals surface area contributed by atoms with Crippen LogP contribution in [0.25, 0.3) is 0 Å². The van der Waals surface area contributed by atoms with Gasteiger partial charge in [-0.15, -0.1) is 11.3 Å². The minimum Gasteiger partial charge on any atom is -0.481 e. The van der Waals surface area contributed by atoms with Crippen LogP contribution in [0.15, 0.2) is 5.38 Å². The zero-order valence-electron chi connectivity index (χ0n) is 10.4. The van der Waals surface area contributed by atoms with Gasteiger partial charge in [-0.3, -0.25) is 4.79 Å². The van der Waals surface area contributed by atoms with E-state index in [4.69, 9.17) is 9.84 Å². The van der Waals surface area contributed by atoms with Gasteiger partial charge in [0.25, 0.3) is 0 Å². The van der Waals surface area contributed by atoms with Crippen molar-refractivity contribution in [3.05, 3.63) is 11.1 Å². The normalized spacial score (nSPS) is 23.8. The fourth-order valence-electron chi connectivity index (χ4n) is 2.03. The number of hydrogen-bond donors (Lipinski definition) is 2. The second-order valence-electron chi connectivity index (χ2n) is 4.58. The van der Waals surface area contributed by atoms with E-state index in [1.807, 2.05) is 5.38 Å². The summed E-state index contributed by atoms with van der Waals surface area (Å²) in [5.41, 5.74) is 0.852. The molecule has 0 spiro atoms. The van der Waals surface area contributed by atoms with Crippen LogP contribution in [0.5, 0.6) is 0 Å². The molecule has 5 nitrogen and oxygen atoms in total. The van der Waals surface area contributed by atoms with Gasteiger partial charge < -0.3 is 15.2 Å². The van der Waals surface area contributed by atoms with Crippen molar-refractivity contribution in [1.82, 2.24) is 4.98 Å². The van der Waals surface area contributed by atoms with Crippen LogP contribution in [0.1, 0.15) is 31.9 Å². The Morgan fingerprint density at radius 2 is 2.56 bits per heavy atom. The molecule has 2 atom stereocenters. The van der Waals surface area contributed by atoms with E-state index in [-0.39, 0.29) is 6.42 Å². The van der Waals surface area contributed by atoms with E-state index in [0.717, 1.165) is 30.3 Å². The van der Waals surface area contributed by atoms with Gasteiger partial charge in [-0.2, -0.15) is 0 Å². The van der Waals surface area contributed by atoms with Gasteiger partial charge in [-0.1, -0.05) is 0 Å². The number of nitrogens with one attached hydrogen (secondary N) is 1. The van der Waals surface area contributed by atoms with E-state index in [1.165, 1.54) is 0 Å². The number of aryl methyl sites for hydroxylation is 1. The van der Waals surface area contributed by atoms with Crippen LogP contribution in [0.3, 0.4) is 0 Å². The monoisotopic (exact) mass is 270 g/mol. The number of aliphatic carboxylic acids is 1. The SMILES string of the molecule is CC1CC(Nc2nc(CCC(=O)O)cs2)CCO1. The van der Waals surface area contributed by atoms with Gasteiger partial charge in [0.2, 0.25) is 0 Å². The summed E-state index contributed by atoms with van der Waals surface area (Å²) in [6.45, 7) is 2.87. The summed E-state index contributed by atoms with van der Waals surface area (Å²) in [6, 6.07) is 0.409. The number of ether oxygens (including phenoxy) is 1. The average molecular weight is 270 g/mol. The van der Waals surface area contributed by atoms with Gasteiger partial charge in [0.05, 0.1) is 18.2 Å². The molecule has 100 valence electrons. The summed E-state index contributed by atoms with van der Waals surface area (Å²) in [4.78, 5) is 14.9. The number of carboxylic acid groups (broad SMARTS) is 1. The van der Waals surface area contributed by atoms with Gasteiger partial charge in [-0.25, -0.2) is 4.98 Å². The molecule has 0 aromatic carbocycles. The zero-order valence-corrected chi connectivity index (χ0v) is 11.2. The van der Waals surface area contributed by atoms with Crippen molar-refractivity contribution >= 4 is 22.4 Å². The maximum absolute atomic E-state index is 10.5. The summed E-state index contributed by atoms with van der Waals surface area (Å²) < 4.78 is 5.49. The molecule has 0 bridgehead atoms. The summed E-state index contributed by atoms with van der Waals surface area (Å²) >= 11 is 1.54. The first-order valence-corrected chi connectivity index (χ1v) is 7.06. The molecule has 0 aliphatic carbocycles. The zero-order chi connectivity index (χ0) is 13.0. The van der Waals surface area contributed by atoms with E-state index in [1.54, 1.807) is 11.3 Å². The van der Waals surface area contributed by atoms with Crippen LogP contribution in [-0.2, 0) is 16.0 Å². The average Bonchev–Trinajstić information content (AvgIpc) is 2.74. The molecule has 18 heavy (non-hydrogen) atoms. The number of thiazole rings is 1. The summed E-state index contributed by atoms with van der Waals surface area (Å²) in [5, 5.41) is 14.8. The molecule has 6 heteroatoms. The molecule has 2 N–H and O–H groups in total. The number of carbonyl (C=O) groups is 1. The molecule has 0 radical (unpaired) electrons. The van der Waals surface area contributed by atoms with Crippen molar-refractivity contribution in [2.45, 2.75) is 44.8 Å². The van der Waals surface area contributed by atoms with Crippen LogP contribution in [0.4, 0.5) is 5.13 Å². The second kappa shape index (κ2) is 6.15. The molecule has 2 unspecified atom stereocenters. The first-order valence-electron chi connectivity index (χ1n) is 6.18. The van der Waals surface area contributed by atoms with Crippen molar-refractivity contribution in [3.63, 3.8) is 0 Å². The van der Waals surface area contributed by atoms with Crippen LogP contribution in [0, 0.1) is 0 Å². The lowest BCUT2D eigenvalue weighted by atomic mass is 10.1. The Balaban J connectivity index is 1.84. The largest absolute Gasteiger partial charge is 0.481 e. The number of aromatic nitrogens is 1. The molecule has 0 amide bonds. The lowest BCUT2D eigenvalue weighted by molar-refractivity contribution is -0.136. The molecule has 1 aliphatic rings. The Labute approximate surface area is 110 Å². The third-order valence-corrected chi connectivity index (χ3v) is 3.78. The van der Waals surface area contributed by atoms with Crippen LogP contribution < -0.4 is 5.32 Å². The van der Waals surface area contributed by atoms with Gasteiger partial charge in [0.15, 0.2) is 5.13 Å². The number of hydrogen-bond acceptors (Lipinski definition) is 5. The van der Waals surface area contributed by atoms with E-state index in [0.29, 0.717) is 18.6 Å². The molecule has 1 aromatic heterocycles. The molecular weight excluding hydrogens is 252 g/mol. The number of nitrogens with zero attached hydrogens (tertiary/aromatic N) is 1. The van der Waals surface area contributed by atoms with E-state index in [9.17, 15) is 4.79 Å². The smallest absolute Gasteiger partial charge is 0.303 e. The lowest BCUT2D eigenvalue weighted by Gasteiger charge is -2.27. The standard InChI is InChI=1S/C12H18N2O3S/c1-8-6-9(4-5-17-8)13-12-14-10(7-18-12)2-3-11(15)16/h7-9H,2-6H2,1H3,(H,13,14)(H,15,16). The van der Waals surface area contributed by atoms with Crippen LogP contribution in [-0.4, -0.2) is 34.8 Å². The first-order chi connectivity index (χ1) is 8.63. The van der Waals surface area contributed by atoms with Gasteiger partial charge in [0.1, 0.15) is 0 Å². The van der Waals surface area contributed by atoms with E-state index >= 15 is 0 Å². The third-order valence-electron chi connectivity index (χ3n) is 2.96. The molecular formula is C12H18N2O3S. The highest BCUT2D eigenvalue weighted by atomic mass is 32.1. The first kappa shape index (κ1) is 13.3. The molecule has 1 aliphatic heterocycles. The number of rotatable bonds is 5. The molecule has 1 fully saturated rings. The quantitative estimate of drug-likeness (QED) is 0.857. The summed E-state index contributed by atoms with van der Waals surface area (Å²) in [7, 11) is 0. The molecule has 0 saturated carbocycles. The fourth-order valence-corrected chi connectivity index (χ4v) is 2.85. The Kier molecular flexibility index (Phi) is 4.54. The molecule has 2 heterocycles. The van der Waals surface area contributed by atoms with Crippen molar-refractivity contribution < 1.29 is 14.6 Å². The van der Waals surface area contributed by atoms with Crippen molar-refractivity contribution in [3.8, 4) is 0 Å². The highest BCUT2D eigenvalue weighted by molar-refractivity contribution is 7.13. The van der Waals surface area contributed by atoms with E-state index in [2.05, 4.69) is 17.2 Å². The second-order valence-corrected chi connectivity index (χ2v) is 5.44. The van der Waals surface area contributed by atoms with Crippen molar-refractivity contribution in [2.24, 2.45) is 0 Å².